The lowest BCUT2D eigenvalue weighted by molar-refractivity contribution is 0.0700. The Morgan fingerprint density at radius 3 is 2.00 bits per heavy atom. The monoisotopic (exact) mass is 296 g/mol. The summed E-state index contributed by atoms with van der Waals surface area (Å²) in [5, 5.41) is 2.71. The molecule has 3 rings (SSSR count). The van der Waals surface area contributed by atoms with Crippen LogP contribution in [0.1, 0.15) is 65.2 Å². The molecule has 118 valence electrons. The van der Waals surface area contributed by atoms with Crippen molar-refractivity contribution in [3.05, 3.63) is 41.0 Å². The summed E-state index contributed by atoms with van der Waals surface area (Å²) in [4.78, 5) is 0. The molecule has 1 heteroatoms. The smallest absolute Gasteiger partial charge is 0.128 e. The third kappa shape index (κ3) is 1.84. The van der Waals surface area contributed by atoms with E-state index in [1.54, 1.807) is 0 Å². The maximum absolute atomic E-state index is 6.56. The summed E-state index contributed by atoms with van der Waals surface area (Å²) in [6, 6.07) is 8.78. The summed E-state index contributed by atoms with van der Waals surface area (Å²) in [6.45, 7) is 18.1. The Morgan fingerprint density at radius 1 is 0.909 bits per heavy atom. The number of hydrogen-bond acceptors (Lipinski definition) is 1. The topological polar surface area (TPSA) is 9.23 Å². The van der Waals surface area contributed by atoms with Gasteiger partial charge in [0.05, 0.1) is 0 Å². The average molecular weight is 296 g/mol. The molecule has 0 radical (unpaired) electrons. The molecule has 0 amide bonds. The predicted molar refractivity (Wildman–Crippen MR) is 95.1 cm³/mol. The van der Waals surface area contributed by atoms with Crippen molar-refractivity contribution < 1.29 is 4.74 Å². The van der Waals surface area contributed by atoms with Crippen LogP contribution in [0.25, 0.3) is 10.8 Å². The van der Waals surface area contributed by atoms with Crippen LogP contribution in [0.2, 0.25) is 0 Å². The lowest BCUT2D eigenvalue weighted by Gasteiger charge is -2.33. The highest BCUT2D eigenvalue weighted by atomic mass is 16.5. The Bertz CT molecular complexity index is 758. The minimum Gasteiger partial charge on any atom is -0.486 e. The summed E-state index contributed by atoms with van der Waals surface area (Å²) in [5.74, 6) is 1.12. The third-order valence-electron chi connectivity index (χ3n) is 5.67. The van der Waals surface area contributed by atoms with E-state index in [0.29, 0.717) is 0 Å². The molecule has 0 atom stereocenters. The first-order chi connectivity index (χ1) is 9.98. The van der Waals surface area contributed by atoms with E-state index in [2.05, 4.69) is 79.7 Å². The molecule has 2 aromatic rings. The Labute approximate surface area is 134 Å². The molecule has 0 fully saturated rings. The van der Waals surface area contributed by atoms with Gasteiger partial charge in [-0.25, -0.2) is 0 Å². The number of rotatable bonds is 0. The second-order valence-electron chi connectivity index (χ2n) is 8.74. The normalized spacial score (nSPS) is 19.1. The van der Waals surface area contributed by atoms with Gasteiger partial charge in [0.1, 0.15) is 11.4 Å². The van der Waals surface area contributed by atoms with Crippen LogP contribution < -0.4 is 4.74 Å². The van der Waals surface area contributed by atoms with Gasteiger partial charge in [-0.1, -0.05) is 58.9 Å². The van der Waals surface area contributed by atoms with E-state index < -0.39 is 0 Å². The van der Waals surface area contributed by atoms with Gasteiger partial charge in [0.25, 0.3) is 0 Å². The first kappa shape index (κ1) is 15.4. The van der Waals surface area contributed by atoms with Gasteiger partial charge in [0, 0.05) is 16.5 Å². The zero-order valence-electron chi connectivity index (χ0n) is 15.2. The molecule has 0 unspecified atom stereocenters. The molecule has 1 aliphatic heterocycles. The summed E-state index contributed by atoms with van der Waals surface area (Å²) < 4.78 is 6.56. The lowest BCUT2D eigenvalue weighted by Crippen LogP contribution is -2.42. The van der Waals surface area contributed by atoms with E-state index in [1.165, 1.54) is 27.5 Å². The summed E-state index contributed by atoms with van der Waals surface area (Å²) in [5.41, 5.74) is 3.94. The van der Waals surface area contributed by atoms with E-state index in [0.717, 1.165) is 5.75 Å². The van der Waals surface area contributed by atoms with Crippen LogP contribution in [-0.4, -0.2) is 5.60 Å². The van der Waals surface area contributed by atoms with Crippen molar-refractivity contribution in [2.45, 2.75) is 71.8 Å². The van der Waals surface area contributed by atoms with E-state index in [1.807, 2.05) is 0 Å². The minimum absolute atomic E-state index is 0.0182. The van der Waals surface area contributed by atoms with Gasteiger partial charge in [-0.2, -0.15) is 0 Å². The predicted octanol–water partition coefficient (Wildman–Crippen LogP) is 5.89. The van der Waals surface area contributed by atoms with Crippen molar-refractivity contribution in [2.24, 2.45) is 0 Å². The molecule has 1 aliphatic rings. The van der Waals surface area contributed by atoms with E-state index in [4.69, 9.17) is 4.74 Å². The van der Waals surface area contributed by atoms with Crippen molar-refractivity contribution >= 4 is 10.8 Å². The van der Waals surface area contributed by atoms with Gasteiger partial charge in [-0.15, -0.1) is 0 Å². The lowest BCUT2D eigenvalue weighted by atomic mass is 9.70. The quantitative estimate of drug-likeness (QED) is 0.588. The molecule has 22 heavy (non-hydrogen) atoms. The number of hydrogen-bond donors (Lipinski definition) is 0. The molecular formula is C21H28O. The average Bonchev–Trinajstić information content (AvgIpc) is 2.54. The fourth-order valence-corrected chi connectivity index (χ4v) is 3.89. The molecule has 2 aromatic carbocycles. The van der Waals surface area contributed by atoms with Crippen molar-refractivity contribution in [3.63, 3.8) is 0 Å². The number of ether oxygens (including phenoxy) is 1. The fraction of sp³-hybridized carbons (Fsp3) is 0.524. The van der Waals surface area contributed by atoms with Gasteiger partial charge in [-0.05, 0) is 42.5 Å². The number of fused-ring (bicyclic) bond motifs is 3. The Morgan fingerprint density at radius 2 is 1.45 bits per heavy atom. The third-order valence-corrected chi connectivity index (χ3v) is 5.67. The van der Waals surface area contributed by atoms with Gasteiger partial charge >= 0.3 is 0 Å². The summed E-state index contributed by atoms with van der Waals surface area (Å²) in [6.07, 6.45) is 0. The molecule has 0 bridgehead atoms. The first-order valence-corrected chi connectivity index (χ1v) is 8.24. The van der Waals surface area contributed by atoms with Crippen molar-refractivity contribution in [1.82, 2.24) is 0 Å². The molecule has 0 N–H and O–H groups in total. The highest BCUT2D eigenvalue weighted by Gasteiger charge is 2.50. The fourth-order valence-electron chi connectivity index (χ4n) is 3.89. The van der Waals surface area contributed by atoms with Crippen LogP contribution in [-0.2, 0) is 10.8 Å². The molecule has 1 nitrogen and oxygen atoms in total. The Balaban J connectivity index is 2.55. The molecule has 0 saturated heterocycles. The molecule has 0 aromatic heterocycles. The first-order valence-electron chi connectivity index (χ1n) is 8.24. The molecule has 0 aliphatic carbocycles. The van der Waals surface area contributed by atoms with Crippen LogP contribution >= 0.6 is 0 Å². The second kappa shape index (κ2) is 4.28. The van der Waals surface area contributed by atoms with Crippen LogP contribution in [0, 0.1) is 6.92 Å². The highest BCUT2D eigenvalue weighted by Crippen LogP contribution is 2.56. The van der Waals surface area contributed by atoms with Crippen molar-refractivity contribution in [2.75, 3.05) is 0 Å². The zero-order chi connectivity index (χ0) is 16.5. The van der Waals surface area contributed by atoms with Gasteiger partial charge in [0.2, 0.25) is 0 Å². The van der Waals surface area contributed by atoms with Gasteiger partial charge in [-0.3, -0.25) is 0 Å². The molecular weight excluding hydrogens is 268 g/mol. The summed E-state index contributed by atoms with van der Waals surface area (Å²) >= 11 is 0. The van der Waals surface area contributed by atoms with E-state index >= 15 is 0 Å². The second-order valence-corrected chi connectivity index (χ2v) is 8.74. The van der Waals surface area contributed by atoms with Crippen LogP contribution in [0.15, 0.2) is 24.3 Å². The molecule has 0 saturated carbocycles. The van der Waals surface area contributed by atoms with Crippen molar-refractivity contribution in [3.8, 4) is 5.75 Å². The van der Waals surface area contributed by atoms with Crippen molar-refractivity contribution in [1.29, 1.82) is 0 Å². The highest BCUT2D eigenvalue weighted by molar-refractivity contribution is 5.94. The van der Waals surface area contributed by atoms with Crippen LogP contribution in [0.5, 0.6) is 5.75 Å². The summed E-state index contributed by atoms with van der Waals surface area (Å²) in [7, 11) is 0. The van der Waals surface area contributed by atoms with Crippen LogP contribution in [0.4, 0.5) is 0 Å². The van der Waals surface area contributed by atoms with Crippen LogP contribution in [0.3, 0.4) is 0 Å². The zero-order valence-corrected chi connectivity index (χ0v) is 15.2. The largest absolute Gasteiger partial charge is 0.486 e. The van der Waals surface area contributed by atoms with Gasteiger partial charge in [0.15, 0.2) is 0 Å². The van der Waals surface area contributed by atoms with E-state index in [-0.39, 0.29) is 16.4 Å². The minimum atomic E-state index is -0.202. The SMILES string of the molecule is Cc1c(C(C)(C)C)c2c(c3ccccc13)C(C)(C)C(C)(C)O2. The number of benzene rings is 2. The standard InChI is InChI=1S/C21H28O/c1-13-14-11-9-10-12-15(14)17-18(16(13)19(2,3)4)22-21(7,8)20(17,5)6/h9-12H,1-8H3. The number of aryl methyl sites for hydroxylation is 1. The maximum atomic E-state index is 6.56. The Hall–Kier alpha value is -1.50. The maximum Gasteiger partial charge on any atom is 0.128 e. The Kier molecular flexibility index (Phi) is 2.99. The van der Waals surface area contributed by atoms with E-state index in [9.17, 15) is 0 Å². The van der Waals surface area contributed by atoms with Gasteiger partial charge < -0.3 is 4.74 Å². The molecule has 1 heterocycles. The molecule has 0 spiro atoms.